The number of thiophene rings is 1. The summed E-state index contributed by atoms with van der Waals surface area (Å²) in [5.41, 5.74) is 0. The van der Waals surface area contributed by atoms with E-state index in [2.05, 4.69) is 52.2 Å². The van der Waals surface area contributed by atoms with Crippen molar-refractivity contribution >= 4 is 45.5 Å². The third-order valence-electron chi connectivity index (χ3n) is 2.67. The van der Waals surface area contributed by atoms with Gasteiger partial charge in [0.05, 0.1) is 5.75 Å². The molecule has 0 saturated carbocycles. The summed E-state index contributed by atoms with van der Waals surface area (Å²) < 4.78 is 0.818. The van der Waals surface area contributed by atoms with Crippen molar-refractivity contribution in [1.82, 2.24) is 15.5 Å². The Hall–Kier alpha value is -1.12. The molecule has 2 aromatic heterocycles. The number of rotatable bonds is 9. The van der Waals surface area contributed by atoms with Crippen LogP contribution >= 0.6 is 34.4 Å². The predicted octanol–water partition coefficient (Wildman–Crippen LogP) is 3.12. The molecule has 0 aliphatic rings. The first-order chi connectivity index (χ1) is 10.6. The van der Waals surface area contributed by atoms with Crippen LogP contribution in [0.2, 0.25) is 0 Å². The lowest BCUT2D eigenvalue weighted by molar-refractivity contribution is -0.118. The van der Waals surface area contributed by atoms with Gasteiger partial charge in [-0.1, -0.05) is 43.0 Å². The van der Waals surface area contributed by atoms with Gasteiger partial charge in [-0.25, -0.2) is 0 Å². The monoisotopic (exact) mass is 356 g/mol. The molecule has 8 heteroatoms. The van der Waals surface area contributed by atoms with Gasteiger partial charge in [-0.05, 0) is 23.8 Å². The highest BCUT2D eigenvalue weighted by Crippen LogP contribution is 2.25. The minimum absolute atomic E-state index is 0.0427. The topological polar surface area (TPSA) is 66.9 Å². The second kappa shape index (κ2) is 9.12. The molecular weight excluding hydrogens is 336 g/mol. The van der Waals surface area contributed by atoms with E-state index in [0.717, 1.165) is 22.4 Å². The average molecular weight is 357 g/mol. The van der Waals surface area contributed by atoms with Crippen molar-refractivity contribution in [2.75, 3.05) is 24.2 Å². The summed E-state index contributed by atoms with van der Waals surface area (Å²) in [6, 6.07) is 4.19. The minimum Gasteiger partial charge on any atom is -0.360 e. The van der Waals surface area contributed by atoms with Crippen molar-refractivity contribution in [3.05, 3.63) is 22.4 Å². The molecule has 1 amide bonds. The van der Waals surface area contributed by atoms with Crippen molar-refractivity contribution in [3.63, 3.8) is 0 Å². The highest BCUT2D eigenvalue weighted by molar-refractivity contribution is 8.01. The quantitative estimate of drug-likeness (QED) is 0.676. The summed E-state index contributed by atoms with van der Waals surface area (Å²) in [6.07, 6.45) is 0.983. The molecule has 0 aliphatic carbocycles. The molecule has 0 aliphatic heterocycles. The fraction of sp³-hybridized carbons (Fsp3) is 0.500. The summed E-state index contributed by atoms with van der Waals surface area (Å²) in [6.45, 7) is 5.71. The van der Waals surface area contributed by atoms with E-state index in [9.17, 15) is 4.79 Å². The molecule has 120 valence electrons. The number of anilines is 1. The number of nitrogens with one attached hydrogen (secondary N) is 2. The molecule has 2 heterocycles. The molecule has 0 atom stereocenters. The number of amides is 1. The van der Waals surface area contributed by atoms with Crippen molar-refractivity contribution < 1.29 is 4.79 Å². The van der Waals surface area contributed by atoms with Crippen LogP contribution in [0.25, 0.3) is 0 Å². The van der Waals surface area contributed by atoms with Crippen LogP contribution in [0.15, 0.2) is 21.9 Å². The minimum atomic E-state index is 0.0427. The normalized spacial score (nSPS) is 10.9. The fourth-order valence-electron chi connectivity index (χ4n) is 1.58. The third kappa shape index (κ3) is 6.33. The number of carbonyl (C=O) groups is 1. The maximum Gasteiger partial charge on any atom is 0.230 e. The molecular formula is C14H20N4OS3. The van der Waals surface area contributed by atoms with E-state index in [1.807, 2.05) is 0 Å². The average Bonchev–Trinajstić information content (AvgIpc) is 3.14. The Kier molecular flexibility index (Phi) is 7.14. The van der Waals surface area contributed by atoms with Gasteiger partial charge in [0.25, 0.3) is 0 Å². The van der Waals surface area contributed by atoms with Crippen LogP contribution in [0.5, 0.6) is 0 Å². The number of hydrogen-bond donors (Lipinski definition) is 2. The Bertz CT molecular complexity index is 568. The smallest absolute Gasteiger partial charge is 0.230 e. The summed E-state index contributed by atoms with van der Waals surface area (Å²) in [5, 5.41) is 17.2. The molecule has 2 rings (SSSR count). The van der Waals surface area contributed by atoms with E-state index in [0.29, 0.717) is 18.2 Å². The molecule has 0 aromatic carbocycles. The Morgan fingerprint density at radius 2 is 2.27 bits per heavy atom. The van der Waals surface area contributed by atoms with Gasteiger partial charge in [-0.3, -0.25) is 4.79 Å². The molecule has 22 heavy (non-hydrogen) atoms. The van der Waals surface area contributed by atoms with Crippen molar-refractivity contribution in [1.29, 1.82) is 0 Å². The van der Waals surface area contributed by atoms with Gasteiger partial charge in [-0.15, -0.1) is 21.5 Å². The number of thioether (sulfide) groups is 1. The van der Waals surface area contributed by atoms with E-state index in [1.54, 1.807) is 11.3 Å². The first kappa shape index (κ1) is 17.2. The second-order valence-electron chi connectivity index (χ2n) is 5.12. The van der Waals surface area contributed by atoms with E-state index in [4.69, 9.17) is 0 Å². The highest BCUT2D eigenvalue weighted by Gasteiger charge is 2.08. The van der Waals surface area contributed by atoms with Crippen molar-refractivity contribution in [2.45, 2.75) is 24.6 Å². The summed E-state index contributed by atoms with van der Waals surface area (Å²) in [4.78, 5) is 13.0. The van der Waals surface area contributed by atoms with E-state index in [1.165, 1.54) is 28.0 Å². The van der Waals surface area contributed by atoms with Gasteiger partial charge in [0, 0.05) is 18.0 Å². The van der Waals surface area contributed by atoms with Crippen LogP contribution in [0.3, 0.4) is 0 Å². The number of aromatic nitrogens is 2. The van der Waals surface area contributed by atoms with E-state index < -0.39 is 0 Å². The number of carbonyl (C=O) groups excluding carboxylic acids is 1. The van der Waals surface area contributed by atoms with Gasteiger partial charge < -0.3 is 10.6 Å². The van der Waals surface area contributed by atoms with Gasteiger partial charge in [0.1, 0.15) is 0 Å². The maximum atomic E-state index is 11.6. The molecule has 5 nitrogen and oxygen atoms in total. The van der Waals surface area contributed by atoms with Gasteiger partial charge in [0.15, 0.2) is 4.34 Å². The lowest BCUT2D eigenvalue weighted by Gasteiger charge is -2.06. The van der Waals surface area contributed by atoms with Crippen LogP contribution < -0.4 is 10.6 Å². The highest BCUT2D eigenvalue weighted by atomic mass is 32.2. The Balaban J connectivity index is 1.66. The largest absolute Gasteiger partial charge is 0.360 e. The molecule has 2 N–H and O–H groups in total. The summed E-state index contributed by atoms with van der Waals surface area (Å²) >= 11 is 4.68. The standard InChI is InChI=1S/C14H20N4OS3/c1-10(2)8-16-12(19)9-21-14-18-17-13(22-14)15-6-5-11-4-3-7-20-11/h3-4,7,10H,5-6,8-9H2,1-2H3,(H,15,17)(H,16,19). The predicted molar refractivity (Wildman–Crippen MR) is 95.0 cm³/mol. The Morgan fingerprint density at radius 3 is 3.00 bits per heavy atom. The third-order valence-corrected chi connectivity index (χ3v) is 5.62. The van der Waals surface area contributed by atoms with Gasteiger partial charge in [-0.2, -0.15) is 0 Å². The molecule has 0 radical (unpaired) electrons. The first-order valence-corrected chi connectivity index (χ1v) is 9.81. The second-order valence-corrected chi connectivity index (χ2v) is 8.35. The van der Waals surface area contributed by atoms with Crippen LogP contribution in [-0.2, 0) is 11.2 Å². The molecule has 0 bridgehead atoms. The molecule has 0 spiro atoms. The molecule has 0 fully saturated rings. The van der Waals surface area contributed by atoms with Crippen LogP contribution in [0.4, 0.5) is 5.13 Å². The summed E-state index contributed by atoms with van der Waals surface area (Å²) in [5.74, 6) is 0.895. The van der Waals surface area contributed by atoms with Gasteiger partial charge in [0.2, 0.25) is 11.0 Å². The first-order valence-electron chi connectivity index (χ1n) is 7.12. The SMILES string of the molecule is CC(C)CNC(=O)CSc1nnc(NCCc2cccs2)s1. The van der Waals surface area contributed by atoms with Gasteiger partial charge >= 0.3 is 0 Å². The molecule has 0 saturated heterocycles. The Morgan fingerprint density at radius 1 is 1.41 bits per heavy atom. The zero-order valence-corrected chi connectivity index (χ0v) is 15.1. The zero-order valence-electron chi connectivity index (χ0n) is 12.7. The lowest BCUT2D eigenvalue weighted by Crippen LogP contribution is -2.28. The number of nitrogens with zero attached hydrogens (tertiary/aromatic N) is 2. The fourth-order valence-corrected chi connectivity index (χ4v) is 3.90. The zero-order chi connectivity index (χ0) is 15.8. The van der Waals surface area contributed by atoms with Crippen molar-refractivity contribution in [3.8, 4) is 0 Å². The number of hydrogen-bond acceptors (Lipinski definition) is 7. The molecule has 0 unspecified atom stereocenters. The lowest BCUT2D eigenvalue weighted by atomic mass is 10.2. The maximum absolute atomic E-state index is 11.6. The van der Waals surface area contributed by atoms with E-state index in [-0.39, 0.29) is 5.91 Å². The van der Waals surface area contributed by atoms with Crippen molar-refractivity contribution in [2.24, 2.45) is 5.92 Å². The van der Waals surface area contributed by atoms with Crippen LogP contribution in [0.1, 0.15) is 18.7 Å². The summed E-state index contributed by atoms with van der Waals surface area (Å²) in [7, 11) is 0. The van der Waals surface area contributed by atoms with E-state index >= 15 is 0 Å². The Labute approximate surface area is 142 Å². The molecule has 2 aromatic rings. The van der Waals surface area contributed by atoms with Crippen LogP contribution in [-0.4, -0.2) is 34.9 Å². The van der Waals surface area contributed by atoms with Crippen LogP contribution in [0, 0.1) is 5.92 Å².